The second kappa shape index (κ2) is 14.4. The van der Waals surface area contributed by atoms with E-state index in [2.05, 4.69) is 21.1 Å². The Bertz CT molecular complexity index is 1910. The average Bonchev–Trinajstić information content (AvgIpc) is 3.40. The number of halogens is 2. The number of thiazole rings is 1. The first kappa shape index (κ1) is 33.5. The van der Waals surface area contributed by atoms with E-state index in [1.54, 1.807) is 42.5 Å². The molecule has 13 heteroatoms. The summed E-state index contributed by atoms with van der Waals surface area (Å²) in [4.78, 5) is 53.8. The van der Waals surface area contributed by atoms with Crippen LogP contribution in [0.25, 0.3) is 10.2 Å². The van der Waals surface area contributed by atoms with Crippen molar-refractivity contribution in [3.63, 3.8) is 0 Å². The summed E-state index contributed by atoms with van der Waals surface area (Å²) in [5, 5.41) is 6.50. The zero-order valence-electron chi connectivity index (χ0n) is 27.1. The van der Waals surface area contributed by atoms with Gasteiger partial charge in [0, 0.05) is 18.0 Å². The highest BCUT2D eigenvalue weighted by Gasteiger charge is 2.61. The maximum Gasteiger partial charge on any atom is 0.278 e. The second-order valence-corrected chi connectivity index (χ2v) is 14.0. The maximum atomic E-state index is 14.4. The molecule has 0 spiro atoms. The number of benzene rings is 3. The molecular weight excluding hydrogens is 665 g/mol. The van der Waals surface area contributed by atoms with Crippen molar-refractivity contribution >= 4 is 45.0 Å². The highest BCUT2D eigenvalue weighted by atomic mass is 32.1. The molecule has 1 saturated heterocycles. The number of fused-ring (bicyclic) bond motifs is 3. The van der Waals surface area contributed by atoms with E-state index in [9.17, 15) is 23.2 Å². The molecule has 3 aliphatic rings. The van der Waals surface area contributed by atoms with Gasteiger partial charge in [0.15, 0.2) is 5.75 Å². The van der Waals surface area contributed by atoms with Crippen molar-refractivity contribution in [2.75, 3.05) is 11.9 Å². The van der Waals surface area contributed by atoms with Crippen molar-refractivity contribution in [3.05, 3.63) is 96.6 Å². The van der Waals surface area contributed by atoms with Crippen LogP contribution in [0.5, 0.6) is 10.9 Å². The van der Waals surface area contributed by atoms with Gasteiger partial charge in [0.2, 0.25) is 11.8 Å². The third kappa shape index (κ3) is 7.42. The Morgan fingerprint density at radius 3 is 2.68 bits per heavy atom. The molecule has 2 aliphatic heterocycles. The fraction of sp³-hybridized carbons (Fsp3) is 0.351. The number of allylic oxidation sites excluding steroid dienone is 1. The standard InChI is InChI=1S/C37H37F2N5O5S/c38-24-11-9-12-26(18-24)40-30-15-8-3-1-2-5-10-23-21-37(23,35(47)43-49-27-13-6-4-7-14-27)42-33(45)31-20-28(22-44(31)34(30)46)48-36-41-29-17-16-25(39)19-32(29)50-36/h4-7,9-14,16-19,23,28,30-31,40H,1-3,8,15,20-22H2,(H,42,45)(H,43,47)/t23-,28-,30+,31+,37-/m1/s1. The molecule has 0 unspecified atom stereocenters. The van der Waals surface area contributed by atoms with E-state index in [1.165, 1.54) is 40.5 Å². The van der Waals surface area contributed by atoms with E-state index in [1.807, 2.05) is 18.2 Å². The van der Waals surface area contributed by atoms with Gasteiger partial charge in [0.1, 0.15) is 35.4 Å². The fourth-order valence-electron chi connectivity index (χ4n) is 6.70. The van der Waals surface area contributed by atoms with Gasteiger partial charge < -0.3 is 25.1 Å². The minimum absolute atomic E-state index is 0.0716. The number of anilines is 1. The lowest BCUT2D eigenvalue weighted by Crippen LogP contribution is -2.57. The Balaban J connectivity index is 1.16. The van der Waals surface area contributed by atoms with Crippen molar-refractivity contribution in [1.82, 2.24) is 20.7 Å². The van der Waals surface area contributed by atoms with Gasteiger partial charge in [-0.25, -0.2) is 13.8 Å². The van der Waals surface area contributed by atoms with Crippen LogP contribution < -0.4 is 25.7 Å². The Hall–Kier alpha value is -5.04. The van der Waals surface area contributed by atoms with Gasteiger partial charge in [-0.2, -0.15) is 5.48 Å². The molecule has 1 aliphatic carbocycles. The monoisotopic (exact) mass is 701 g/mol. The molecule has 1 aromatic heterocycles. The first-order chi connectivity index (χ1) is 24.3. The third-order valence-electron chi connectivity index (χ3n) is 9.41. The largest absolute Gasteiger partial charge is 0.465 e. The van der Waals surface area contributed by atoms with Crippen LogP contribution in [-0.4, -0.2) is 57.9 Å². The first-order valence-electron chi connectivity index (χ1n) is 16.8. The Morgan fingerprint density at radius 1 is 1.00 bits per heavy atom. The lowest BCUT2D eigenvalue weighted by molar-refractivity contribution is -0.141. The molecule has 7 rings (SSSR count). The van der Waals surface area contributed by atoms with E-state index in [-0.39, 0.29) is 30.6 Å². The molecule has 2 fully saturated rings. The second-order valence-electron chi connectivity index (χ2n) is 13.0. The van der Waals surface area contributed by atoms with Gasteiger partial charge in [0.25, 0.3) is 11.1 Å². The predicted octanol–water partition coefficient (Wildman–Crippen LogP) is 5.91. The maximum absolute atomic E-state index is 14.4. The zero-order valence-corrected chi connectivity index (χ0v) is 28.0. The summed E-state index contributed by atoms with van der Waals surface area (Å²) in [5.41, 5.74) is 2.27. The van der Waals surface area contributed by atoms with Crippen molar-refractivity contribution in [3.8, 4) is 10.9 Å². The quantitative estimate of drug-likeness (QED) is 0.162. The van der Waals surface area contributed by atoms with E-state index in [0.717, 1.165) is 25.7 Å². The van der Waals surface area contributed by atoms with Gasteiger partial charge in [-0.1, -0.05) is 60.6 Å². The van der Waals surface area contributed by atoms with Gasteiger partial charge in [-0.3, -0.25) is 14.4 Å². The molecule has 4 aromatic rings. The molecule has 3 amide bonds. The summed E-state index contributed by atoms with van der Waals surface area (Å²) in [6.45, 7) is 0.0716. The van der Waals surface area contributed by atoms with Gasteiger partial charge in [-0.05, 0) is 74.2 Å². The molecule has 5 atom stereocenters. The highest BCUT2D eigenvalue weighted by molar-refractivity contribution is 7.20. The van der Waals surface area contributed by atoms with Gasteiger partial charge >= 0.3 is 0 Å². The number of ether oxygens (including phenoxy) is 1. The highest BCUT2D eigenvalue weighted by Crippen LogP contribution is 2.45. The van der Waals surface area contributed by atoms with Crippen molar-refractivity contribution in [2.24, 2.45) is 5.92 Å². The SMILES string of the molecule is O=C1N[C@]2(C(=O)NOc3ccccc3)C[C@H]2C=CCCCCC[C@H](Nc2cccc(F)c2)C(=O)N2C[C@H](Oc3nc4ccc(F)cc4s3)C[C@@H]12. The number of hydrogen-bond donors (Lipinski definition) is 3. The number of rotatable bonds is 7. The summed E-state index contributed by atoms with van der Waals surface area (Å²) in [5.74, 6) is -1.98. The summed E-state index contributed by atoms with van der Waals surface area (Å²) >= 11 is 1.18. The number of para-hydroxylation sites is 1. The number of carbonyl (C=O) groups is 3. The molecule has 3 N–H and O–H groups in total. The van der Waals surface area contributed by atoms with Crippen molar-refractivity contribution < 1.29 is 32.7 Å². The summed E-state index contributed by atoms with van der Waals surface area (Å²) in [6.07, 6.45) is 7.59. The molecule has 50 heavy (non-hydrogen) atoms. The van der Waals surface area contributed by atoms with Crippen LogP contribution in [0.3, 0.4) is 0 Å². The topological polar surface area (TPSA) is 122 Å². The van der Waals surface area contributed by atoms with E-state index in [0.29, 0.717) is 39.7 Å². The van der Waals surface area contributed by atoms with Crippen LogP contribution in [0.1, 0.15) is 44.9 Å². The first-order valence-corrected chi connectivity index (χ1v) is 17.7. The molecular formula is C37H37F2N5O5S. The molecule has 0 radical (unpaired) electrons. The Kier molecular flexibility index (Phi) is 9.66. The number of nitrogens with zero attached hydrogens (tertiary/aromatic N) is 2. The minimum Gasteiger partial charge on any atom is -0.465 e. The molecule has 260 valence electrons. The van der Waals surface area contributed by atoms with Crippen LogP contribution in [0.4, 0.5) is 14.5 Å². The number of nitrogens with one attached hydrogen (secondary N) is 3. The van der Waals surface area contributed by atoms with Crippen LogP contribution in [0.2, 0.25) is 0 Å². The van der Waals surface area contributed by atoms with Gasteiger partial charge in [-0.15, -0.1) is 0 Å². The zero-order chi connectivity index (χ0) is 34.7. The molecule has 1 saturated carbocycles. The molecule has 3 heterocycles. The smallest absolute Gasteiger partial charge is 0.278 e. The third-order valence-corrected chi connectivity index (χ3v) is 10.3. The number of hydrogen-bond acceptors (Lipinski definition) is 8. The summed E-state index contributed by atoms with van der Waals surface area (Å²) in [7, 11) is 0. The van der Waals surface area contributed by atoms with E-state index < -0.39 is 41.4 Å². The number of aromatic nitrogens is 1. The molecule has 0 bridgehead atoms. The lowest BCUT2D eigenvalue weighted by Gasteiger charge is -2.30. The van der Waals surface area contributed by atoms with Crippen molar-refractivity contribution in [2.45, 2.75) is 68.7 Å². The van der Waals surface area contributed by atoms with E-state index >= 15 is 0 Å². The van der Waals surface area contributed by atoms with Crippen LogP contribution in [-0.2, 0) is 14.4 Å². The molecule has 10 nitrogen and oxygen atoms in total. The normalized spacial score (nSPS) is 25.4. The lowest BCUT2D eigenvalue weighted by atomic mass is 10.0. The van der Waals surface area contributed by atoms with Crippen LogP contribution in [0, 0.1) is 17.6 Å². The predicted molar refractivity (Wildman–Crippen MR) is 184 cm³/mol. The summed E-state index contributed by atoms with van der Waals surface area (Å²) in [6, 6.07) is 17.3. The minimum atomic E-state index is -1.27. The van der Waals surface area contributed by atoms with Crippen LogP contribution >= 0.6 is 11.3 Å². The van der Waals surface area contributed by atoms with E-state index in [4.69, 9.17) is 9.57 Å². The molecule has 3 aromatic carbocycles. The van der Waals surface area contributed by atoms with Gasteiger partial charge in [0.05, 0.1) is 16.8 Å². The van der Waals surface area contributed by atoms with Crippen LogP contribution in [0.15, 0.2) is 84.9 Å². The summed E-state index contributed by atoms with van der Waals surface area (Å²) < 4.78 is 34.9. The fourth-order valence-corrected chi connectivity index (χ4v) is 7.61. The van der Waals surface area contributed by atoms with Crippen molar-refractivity contribution in [1.29, 1.82) is 0 Å². The number of carbonyl (C=O) groups excluding carboxylic acids is 3. The number of hydroxylamine groups is 1. The Labute approximate surface area is 291 Å². The Morgan fingerprint density at radius 2 is 1.84 bits per heavy atom. The number of amides is 3. The average molecular weight is 702 g/mol.